The Morgan fingerprint density at radius 2 is 1.79 bits per heavy atom. The number of halogens is 3. The highest BCUT2D eigenvalue weighted by molar-refractivity contribution is 5.72. The van der Waals surface area contributed by atoms with Crippen molar-refractivity contribution in [1.82, 2.24) is 10.6 Å². The van der Waals surface area contributed by atoms with Crippen molar-refractivity contribution >= 4 is 5.91 Å². The fraction of sp³-hybridized carbons (Fsp3) is 0.350. The zero-order valence-corrected chi connectivity index (χ0v) is 15.4. The van der Waals surface area contributed by atoms with E-state index in [-0.39, 0.29) is 19.1 Å². The predicted molar refractivity (Wildman–Crippen MR) is 98.6 cm³/mol. The summed E-state index contributed by atoms with van der Waals surface area (Å²) in [7, 11) is 0. The molecule has 1 unspecified atom stereocenters. The van der Waals surface area contributed by atoms with Crippen molar-refractivity contribution in [1.29, 1.82) is 0 Å². The van der Waals surface area contributed by atoms with E-state index in [4.69, 9.17) is 4.74 Å². The lowest BCUT2D eigenvalue weighted by Gasteiger charge is -2.16. The number of alkyl halides is 3. The molecule has 2 aromatic rings. The van der Waals surface area contributed by atoms with Crippen LogP contribution in [0.4, 0.5) is 13.2 Å². The largest absolute Gasteiger partial charge is 0.490 e. The molecule has 1 amide bonds. The first-order valence-corrected chi connectivity index (χ1v) is 8.76. The smallest absolute Gasteiger partial charge is 0.416 e. The van der Waals surface area contributed by atoms with Crippen molar-refractivity contribution in [2.75, 3.05) is 13.2 Å². The number of para-hydroxylation sites is 1. The van der Waals surface area contributed by atoms with E-state index in [1.54, 1.807) is 12.1 Å². The molecule has 5 nitrogen and oxygen atoms in total. The third-order valence-corrected chi connectivity index (χ3v) is 3.92. The molecule has 0 heterocycles. The molecule has 28 heavy (non-hydrogen) atoms. The molecule has 0 saturated heterocycles. The average molecular weight is 396 g/mol. The first-order chi connectivity index (χ1) is 13.3. The molecular formula is C20H23F3N2O3. The van der Waals surface area contributed by atoms with E-state index in [0.29, 0.717) is 24.4 Å². The third-order valence-electron chi connectivity index (χ3n) is 3.92. The lowest BCUT2D eigenvalue weighted by Crippen LogP contribution is -2.31. The van der Waals surface area contributed by atoms with E-state index >= 15 is 0 Å². The van der Waals surface area contributed by atoms with Gasteiger partial charge in [-0.1, -0.05) is 30.3 Å². The van der Waals surface area contributed by atoms with Gasteiger partial charge in [0.15, 0.2) is 0 Å². The highest BCUT2D eigenvalue weighted by atomic mass is 19.4. The Bertz CT molecular complexity index is 764. The van der Waals surface area contributed by atoms with Gasteiger partial charge in [-0.15, -0.1) is 0 Å². The van der Waals surface area contributed by atoms with Crippen molar-refractivity contribution in [3.05, 3.63) is 65.2 Å². The molecule has 0 saturated carbocycles. The standard InChI is InChI=1S/C20H23F3N2O3/c1-14(26)25-11-16-4-2-3-5-19(16)28-13-18(27)12-24-10-15-6-8-17(9-7-15)20(21,22)23/h2-9,18,24,27H,10-13H2,1H3,(H,25,26). The molecule has 0 aliphatic carbocycles. The highest BCUT2D eigenvalue weighted by Gasteiger charge is 2.29. The summed E-state index contributed by atoms with van der Waals surface area (Å²) >= 11 is 0. The fourth-order valence-corrected chi connectivity index (χ4v) is 2.45. The first-order valence-electron chi connectivity index (χ1n) is 8.76. The number of rotatable bonds is 9. The monoisotopic (exact) mass is 396 g/mol. The number of hydrogen-bond donors (Lipinski definition) is 3. The molecule has 0 bridgehead atoms. The van der Waals surface area contributed by atoms with Gasteiger partial charge in [0.05, 0.1) is 5.56 Å². The van der Waals surface area contributed by atoms with Crippen LogP contribution in [-0.4, -0.2) is 30.3 Å². The molecule has 2 aromatic carbocycles. The molecule has 0 aliphatic rings. The zero-order valence-electron chi connectivity index (χ0n) is 15.4. The van der Waals surface area contributed by atoms with Crippen LogP contribution in [0.3, 0.4) is 0 Å². The topological polar surface area (TPSA) is 70.6 Å². The van der Waals surface area contributed by atoms with Gasteiger partial charge < -0.3 is 20.5 Å². The minimum atomic E-state index is -4.35. The van der Waals surface area contributed by atoms with E-state index in [0.717, 1.165) is 17.7 Å². The molecule has 0 radical (unpaired) electrons. The molecule has 2 rings (SSSR count). The lowest BCUT2D eigenvalue weighted by molar-refractivity contribution is -0.137. The van der Waals surface area contributed by atoms with Gasteiger partial charge >= 0.3 is 6.18 Å². The number of ether oxygens (including phenoxy) is 1. The van der Waals surface area contributed by atoms with Crippen molar-refractivity contribution in [3.8, 4) is 5.75 Å². The summed E-state index contributed by atoms with van der Waals surface area (Å²) in [5.41, 5.74) is 0.784. The molecule has 0 spiro atoms. The summed E-state index contributed by atoms with van der Waals surface area (Å²) in [5, 5.41) is 15.7. The minimum absolute atomic E-state index is 0.0388. The van der Waals surface area contributed by atoms with E-state index in [1.165, 1.54) is 19.1 Å². The number of carbonyl (C=O) groups excluding carboxylic acids is 1. The molecule has 0 fully saturated rings. The molecule has 152 valence electrons. The Labute approximate surface area is 161 Å². The molecule has 3 N–H and O–H groups in total. The number of benzene rings is 2. The highest BCUT2D eigenvalue weighted by Crippen LogP contribution is 2.29. The van der Waals surface area contributed by atoms with Gasteiger partial charge in [0.1, 0.15) is 18.5 Å². The predicted octanol–water partition coefficient (Wildman–Crippen LogP) is 2.87. The molecular weight excluding hydrogens is 373 g/mol. The minimum Gasteiger partial charge on any atom is -0.490 e. The van der Waals surface area contributed by atoms with Crippen LogP contribution in [0.2, 0.25) is 0 Å². The number of hydrogen-bond acceptors (Lipinski definition) is 4. The maximum absolute atomic E-state index is 12.5. The van der Waals surface area contributed by atoms with Crippen LogP contribution in [0.25, 0.3) is 0 Å². The molecule has 1 atom stereocenters. The van der Waals surface area contributed by atoms with Gasteiger partial charge in [0.25, 0.3) is 0 Å². The second-order valence-corrected chi connectivity index (χ2v) is 6.31. The quantitative estimate of drug-likeness (QED) is 0.610. The summed E-state index contributed by atoms with van der Waals surface area (Å²) in [6, 6.07) is 12.0. The van der Waals surface area contributed by atoms with Crippen LogP contribution in [-0.2, 0) is 24.1 Å². The molecule has 8 heteroatoms. The van der Waals surface area contributed by atoms with Gasteiger partial charge in [-0.3, -0.25) is 4.79 Å². The van der Waals surface area contributed by atoms with E-state index in [9.17, 15) is 23.1 Å². The number of nitrogens with one attached hydrogen (secondary N) is 2. The summed E-state index contributed by atoms with van der Waals surface area (Å²) in [6.45, 7) is 2.34. The number of aliphatic hydroxyl groups is 1. The van der Waals surface area contributed by atoms with Gasteiger partial charge in [-0.05, 0) is 23.8 Å². The number of amides is 1. The van der Waals surface area contributed by atoms with E-state index in [1.807, 2.05) is 12.1 Å². The zero-order chi connectivity index (χ0) is 20.6. The van der Waals surface area contributed by atoms with Gasteiger partial charge in [-0.2, -0.15) is 13.2 Å². The molecule has 0 aromatic heterocycles. The van der Waals surface area contributed by atoms with E-state index < -0.39 is 17.8 Å². The Balaban J connectivity index is 1.76. The van der Waals surface area contributed by atoms with Gasteiger partial charge in [0, 0.05) is 32.1 Å². The number of carbonyl (C=O) groups is 1. The summed E-state index contributed by atoms with van der Waals surface area (Å²) in [5.74, 6) is 0.417. The van der Waals surface area contributed by atoms with Crippen LogP contribution >= 0.6 is 0 Å². The third kappa shape index (κ3) is 7.21. The second kappa shape index (κ2) is 10.1. The normalized spacial score (nSPS) is 12.5. The van der Waals surface area contributed by atoms with Crippen molar-refractivity contribution in [2.45, 2.75) is 32.3 Å². The Hall–Kier alpha value is -2.58. The molecule has 0 aliphatic heterocycles. The SMILES string of the molecule is CC(=O)NCc1ccccc1OCC(O)CNCc1ccc(C(F)(F)F)cc1. The van der Waals surface area contributed by atoms with Crippen molar-refractivity contribution in [2.24, 2.45) is 0 Å². The van der Waals surface area contributed by atoms with Gasteiger partial charge in [0.2, 0.25) is 5.91 Å². The van der Waals surface area contributed by atoms with E-state index in [2.05, 4.69) is 10.6 Å². The van der Waals surface area contributed by atoms with Crippen molar-refractivity contribution in [3.63, 3.8) is 0 Å². The van der Waals surface area contributed by atoms with Crippen LogP contribution in [0.5, 0.6) is 5.75 Å². The Kier molecular flexibility index (Phi) is 7.83. The Morgan fingerprint density at radius 1 is 1.11 bits per heavy atom. The second-order valence-electron chi connectivity index (χ2n) is 6.31. The summed E-state index contributed by atoms with van der Waals surface area (Å²) in [4.78, 5) is 11.0. The number of aliphatic hydroxyl groups excluding tert-OH is 1. The van der Waals surface area contributed by atoms with Crippen LogP contribution < -0.4 is 15.4 Å². The fourth-order valence-electron chi connectivity index (χ4n) is 2.45. The van der Waals surface area contributed by atoms with Gasteiger partial charge in [-0.25, -0.2) is 0 Å². The summed E-state index contributed by atoms with van der Waals surface area (Å²) in [6.07, 6.45) is -5.15. The van der Waals surface area contributed by atoms with Crippen LogP contribution in [0.1, 0.15) is 23.6 Å². The van der Waals surface area contributed by atoms with Crippen LogP contribution in [0.15, 0.2) is 48.5 Å². The van der Waals surface area contributed by atoms with Crippen LogP contribution in [0, 0.1) is 0 Å². The maximum atomic E-state index is 12.5. The summed E-state index contributed by atoms with van der Waals surface area (Å²) < 4.78 is 43.2. The maximum Gasteiger partial charge on any atom is 0.416 e. The first kappa shape index (κ1) is 21.7. The van der Waals surface area contributed by atoms with Crippen molar-refractivity contribution < 1.29 is 27.8 Å². The lowest BCUT2D eigenvalue weighted by atomic mass is 10.1. The average Bonchev–Trinajstić information content (AvgIpc) is 2.65. The Morgan fingerprint density at radius 3 is 2.43 bits per heavy atom.